The molecule has 0 aliphatic carbocycles. The van der Waals surface area contributed by atoms with Crippen molar-refractivity contribution in [1.82, 2.24) is 5.32 Å². The monoisotopic (exact) mass is 339 g/mol. The van der Waals surface area contributed by atoms with Gasteiger partial charge in [-0.15, -0.1) is 0 Å². The van der Waals surface area contributed by atoms with Crippen LogP contribution in [0.3, 0.4) is 0 Å². The molecule has 0 fully saturated rings. The van der Waals surface area contributed by atoms with Gasteiger partial charge in [0.05, 0.1) is 0 Å². The standard InChI is InChI=1S/C21H29N3O/c1-13(2)24-19-8-14(3)16(9-17(12-22)20(25)23-7)10-18(19)15(4)11-21(24,5)6/h8-10,13,15H,11H2,1-7H3,(H,23,25)/b17-9-/t15-/m1/s1. The summed E-state index contributed by atoms with van der Waals surface area (Å²) in [5, 5.41) is 11.8. The molecule has 1 heterocycles. The number of nitriles is 1. The van der Waals surface area contributed by atoms with Gasteiger partial charge >= 0.3 is 0 Å². The van der Waals surface area contributed by atoms with Gasteiger partial charge in [-0.25, -0.2) is 0 Å². The highest BCUT2D eigenvalue weighted by Crippen LogP contribution is 2.45. The fraction of sp³-hybridized carbons (Fsp3) is 0.524. The van der Waals surface area contributed by atoms with Crippen molar-refractivity contribution in [3.63, 3.8) is 0 Å². The predicted octanol–water partition coefficient (Wildman–Crippen LogP) is 4.15. The molecule has 1 aliphatic rings. The fourth-order valence-corrected chi connectivity index (χ4v) is 4.19. The molecule has 1 amide bonds. The van der Waals surface area contributed by atoms with Crippen LogP contribution >= 0.6 is 0 Å². The normalized spacial score (nSPS) is 19.4. The maximum Gasteiger partial charge on any atom is 0.261 e. The van der Waals surface area contributed by atoms with E-state index in [0.29, 0.717) is 12.0 Å². The summed E-state index contributed by atoms with van der Waals surface area (Å²) in [4.78, 5) is 14.3. The Bertz CT molecular complexity index is 753. The molecule has 134 valence electrons. The zero-order chi connectivity index (χ0) is 18.9. The summed E-state index contributed by atoms with van der Waals surface area (Å²) in [6.07, 6.45) is 2.77. The number of anilines is 1. The van der Waals surface area contributed by atoms with Crippen LogP contribution < -0.4 is 10.2 Å². The summed E-state index contributed by atoms with van der Waals surface area (Å²) in [5.41, 5.74) is 4.81. The topological polar surface area (TPSA) is 56.1 Å². The molecule has 4 nitrogen and oxygen atoms in total. The second kappa shape index (κ2) is 6.92. The third-order valence-electron chi connectivity index (χ3n) is 5.07. The Morgan fingerprint density at radius 3 is 2.60 bits per heavy atom. The van der Waals surface area contributed by atoms with Crippen LogP contribution in [-0.4, -0.2) is 24.5 Å². The Morgan fingerprint density at radius 1 is 1.44 bits per heavy atom. The van der Waals surface area contributed by atoms with E-state index >= 15 is 0 Å². The molecule has 1 aromatic rings. The van der Waals surface area contributed by atoms with Crippen LogP contribution in [0.25, 0.3) is 6.08 Å². The molecule has 0 spiro atoms. The van der Waals surface area contributed by atoms with Crippen molar-refractivity contribution in [2.45, 2.75) is 65.5 Å². The lowest BCUT2D eigenvalue weighted by Crippen LogP contribution is -2.51. The van der Waals surface area contributed by atoms with Crippen LogP contribution in [0.4, 0.5) is 5.69 Å². The van der Waals surface area contributed by atoms with Crippen molar-refractivity contribution in [3.05, 3.63) is 34.4 Å². The number of nitrogens with one attached hydrogen (secondary N) is 1. The van der Waals surface area contributed by atoms with Crippen molar-refractivity contribution in [2.24, 2.45) is 0 Å². The quantitative estimate of drug-likeness (QED) is 0.665. The third-order valence-corrected chi connectivity index (χ3v) is 5.07. The maximum atomic E-state index is 11.8. The summed E-state index contributed by atoms with van der Waals surface area (Å²) in [6.45, 7) is 13.3. The number of nitrogens with zero attached hydrogens (tertiary/aromatic N) is 2. The molecule has 4 heteroatoms. The zero-order valence-corrected chi connectivity index (χ0v) is 16.4. The molecule has 25 heavy (non-hydrogen) atoms. The first-order chi connectivity index (χ1) is 11.6. The molecular formula is C21H29N3O. The van der Waals surface area contributed by atoms with Crippen molar-refractivity contribution in [2.75, 3.05) is 11.9 Å². The molecule has 1 aliphatic heterocycles. The first-order valence-electron chi connectivity index (χ1n) is 8.90. The van der Waals surface area contributed by atoms with E-state index < -0.39 is 0 Å². The second-order valence-corrected chi connectivity index (χ2v) is 7.90. The molecule has 0 radical (unpaired) electrons. The lowest BCUT2D eigenvalue weighted by Gasteiger charge is -2.50. The van der Waals surface area contributed by atoms with Gasteiger partial charge in [-0.1, -0.05) is 6.92 Å². The SMILES string of the molecule is CNC(=O)/C(C#N)=C\c1cc2c(cc1C)N(C(C)C)C(C)(C)C[C@H]2C. The lowest BCUT2D eigenvalue weighted by molar-refractivity contribution is -0.116. The largest absolute Gasteiger partial charge is 0.364 e. The van der Waals surface area contributed by atoms with Gasteiger partial charge in [-0.2, -0.15) is 5.26 Å². The van der Waals surface area contributed by atoms with Crippen molar-refractivity contribution >= 4 is 17.7 Å². The average molecular weight is 339 g/mol. The highest BCUT2D eigenvalue weighted by atomic mass is 16.1. The lowest BCUT2D eigenvalue weighted by atomic mass is 9.78. The molecule has 0 saturated heterocycles. The summed E-state index contributed by atoms with van der Waals surface area (Å²) in [5.74, 6) is 0.0795. The number of carbonyl (C=O) groups excluding carboxylic acids is 1. The van der Waals surface area contributed by atoms with Crippen LogP contribution in [0, 0.1) is 18.3 Å². The number of fused-ring (bicyclic) bond motifs is 1. The summed E-state index contributed by atoms with van der Waals surface area (Å²) in [7, 11) is 1.54. The Labute approximate surface area is 151 Å². The minimum absolute atomic E-state index is 0.101. The van der Waals surface area contributed by atoms with E-state index in [1.165, 1.54) is 18.3 Å². The van der Waals surface area contributed by atoms with Gasteiger partial charge in [0.15, 0.2) is 0 Å². The first-order valence-corrected chi connectivity index (χ1v) is 8.90. The number of amides is 1. The van der Waals surface area contributed by atoms with E-state index in [2.05, 4.69) is 57.0 Å². The number of aryl methyl sites for hydroxylation is 1. The highest BCUT2D eigenvalue weighted by molar-refractivity contribution is 6.01. The van der Waals surface area contributed by atoms with Crippen LogP contribution in [0.5, 0.6) is 0 Å². The summed E-state index contributed by atoms with van der Waals surface area (Å²) >= 11 is 0. The summed E-state index contributed by atoms with van der Waals surface area (Å²) in [6, 6.07) is 6.76. The van der Waals surface area contributed by atoms with Crippen molar-refractivity contribution < 1.29 is 4.79 Å². The molecule has 1 atom stereocenters. The molecule has 0 saturated carbocycles. The van der Waals surface area contributed by atoms with E-state index in [-0.39, 0.29) is 17.0 Å². The van der Waals surface area contributed by atoms with Gasteiger partial charge in [-0.3, -0.25) is 4.79 Å². The van der Waals surface area contributed by atoms with E-state index in [1.54, 1.807) is 6.08 Å². The second-order valence-electron chi connectivity index (χ2n) is 7.90. The Hall–Kier alpha value is -2.28. The Morgan fingerprint density at radius 2 is 2.08 bits per heavy atom. The molecule has 0 aromatic heterocycles. The predicted molar refractivity (Wildman–Crippen MR) is 104 cm³/mol. The highest BCUT2D eigenvalue weighted by Gasteiger charge is 2.37. The number of carbonyl (C=O) groups is 1. The van der Waals surface area contributed by atoms with Gasteiger partial charge in [0, 0.05) is 24.3 Å². The molecule has 1 aromatic carbocycles. The van der Waals surface area contributed by atoms with Gasteiger partial charge in [0.2, 0.25) is 0 Å². The number of rotatable bonds is 3. The Kier molecular flexibility index (Phi) is 5.27. The smallest absolute Gasteiger partial charge is 0.261 e. The van der Waals surface area contributed by atoms with E-state index in [1.807, 2.05) is 13.0 Å². The molecule has 2 rings (SSSR count). The van der Waals surface area contributed by atoms with Crippen LogP contribution in [0.1, 0.15) is 63.6 Å². The fourth-order valence-electron chi connectivity index (χ4n) is 4.19. The third kappa shape index (κ3) is 3.56. The van der Waals surface area contributed by atoms with Crippen LogP contribution in [-0.2, 0) is 4.79 Å². The minimum atomic E-state index is -0.349. The van der Waals surface area contributed by atoms with E-state index in [9.17, 15) is 10.1 Å². The van der Waals surface area contributed by atoms with Crippen LogP contribution in [0.15, 0.2) is 17.7 Å². The van der Waals surface area contributed by atoms with Crippen LogP contribution in [0.2, 0.25) is 0 Å². The first kappa shape index (κ1) is 19.1. The number of hydrogen-bond donors (Lipinski definition) is 1. The van der Waals surface area contributed by atoms with Crippen molar-refractivity contribution in [1.29, 1.82) is 5.26 Å². The molecule has 0 bridgehead atoms. The summed E-state index contributed by atoms with van der Waals surface area (Å²) < 4.78 is 0. The minimum Gasteiger partial charge on any atom is -0.364 e. The van der Waals surface area contributed by atoms with E-state index in [0.717, 1.165) is 17.5 Å². The molecule has 0 unspecified atom stereocenters. The van der Waals surface area contributed by atoms with Gasteiger partial charge in [0.25, 0.3) is 5.91 Å². The van der Waals surface area contributed by atoms with Gasteiger partial charge in [-0.05, 0) is 81.9 Å². The van der Waals surface area contributed by atoms with E-state index in [4.69, 9.17) is 0 Å². The molecular weight excluding hydrogens is 310 g/mol. The van der Waals surface area contributed by atoms with Gasteiger partial charge < -0.3 is 10.2 Å². The maximum absolute atomic E-state index is 11.8. The zero-order valence-electron chi connectivity index (χ0n) is 16.4. The van der Waals surface area contributed by atoms with Crippen molar-refractivity contribution in [3.8, 4) is 6.07 Å². The molecule has 1 N–H and O–H groups in total. The average Bonchev–Trinajstić information content (AvgIpc) is 2.51. The van der Waals surface area contributed by atoms with Gasteiger partial charge in [0.1, 0.15) is 11.6 Å². The number of hydrogen-bond acceptors (Lipinski definition) is 3. The number of likely N-dealkylation sites (N-methyl/N-ethyl adjacent to an activating group) is 1. The number of benzene rings is 1. The Balaban J connectivity index is 2.62.